The summed E-state index contributed by atoms with van der Waals surface area (Å²) < 4.78 is 5.00. The Labute approximate surface area is 109 Å². The first kappa shape index (κ1) is 15.0. The van der Waals surface area contributed by atoms with Crippen LogP contribution in [0.2, 0.25) is 0 Å². The summed E-state index contributed by atoms with van der Waals surface area (Å²) >= 11 is 0. The molecule has 0 aromatic heterocycles. The lowest BCUT2D eigenvalue weighted by atomic mass is 9.80. The molecule has 0 heterocycles. The van der Waals surface area contributed by atoms with Crippen LogP contribution in [0.3, 0.4) is 0 Å². The summed E-state index contributed by atoms with van der Waals surface area (Å²) in [5, 5.41) is 2.89. The van der Waals surface area contributed by atoms with Gasteiger partial charge in [0.15, 0.2) is 0 Å². The Bertz CT molecular complexity index is 326. The third-order valence-electron chi connectivity index (χ3n) is 3.44. The van der Waals surface area contributed by atoms with Crippen molar-refractivity contribution in [1.29, 1.82) is 0 Å². The van der Waals surface area contributed by atoms with Gasteiger partial charge in [0.05, 0.1) is 6.61 Å². The zero-order chi connectivity index (χ0) is 14.0. The number of nitrogens with one attached hydrogen (secondary N) is 1. The molecule has 4 heteroatoms. The molecule has 1 amide bonds. The fourth-order valence-electron chi connectivity index (χ4n) is 1.87. The molecule has 1 saturated carbocycles. The maximum atomic E-state index is 12.2. The Morgan fingerprint density at radius 3 is 2.28 bits per heavy atom. The van der Waals surface area contributed by atoms with Crippen molar-refractivity contribution in [3.8, 4) is 0 Å². The van der Waals surface area contributed by atoms with E-state index < -0.39 is 17.3 Å². The molecule has 0 aromatic rings. The van der Waals surface area contributed by atoms with Crippen LogP contribution in [0.1, 0.15) is 47.5 Å². The summed E-state index contributed by atoms with van der Waals surface area (Å²) in [5.41, 5.74) is -0.187. The van der Waals surface area contributed by atoms with E-state index in [1.54, 1.807) is 6.92 Å². The SMILES string of the molecule is CCOC(=O)C(C(=O)NCC1(C)CC1)C(C)(C)C. The lowest BCUT2D eigenvalue weighted by molar-refractivity contribution is -0.156. The van der Waals surface area contributed by atoms with Crippen molar-refractivity contribution < 1.29 is 14.3 Å². The van der Waals surface area contributed by atoms with E-state index in [4.69, 9.17) is 4.74 Å². The van der Waals surface area contributed by atoms with Gasteiger partial charge in [0.25, 0.3) is 0 Å². The molecule has 4 nitrogen and oxygen atoms in total. The Morgan fingerprint density at radius 2 is 1.89 bits per heavy atom. The molecule has 0 saturated heterocycles. The van der Waals surface area contributed by atoms with Crippen LogP contribution < -0.4 is 5.32 Å². The van der Waals surface area contributed by atoms with Gasteiger partial charge in [-0.1, -0.05) is 27.7 Å². The largest absolute Gasteiger partial charge is 0.465 e. The normalized spacial score (nSPS) is 18.9. The number of hydrogen-bond donors (Lipinski definition) is 1. The highest BCUT2D eigenvalue weighted by Gasteiger charge is 2.42. The standard InChI is InChI=1S/C14H25NO3/c1-6-18-12(17)10(13(2,3)4)11(16)15-9-14(5)7-8-14/h10H,6-9H2,1-5H3,(H,15,16). The van der Waals surface area contributed by atoms with E-state index in [0.717, 1.165) is 12.8 Å². The second kappa shape index (κ2) is 5.29. The molecule has 1 atom stereocenters. The van der Waals surface area contributed by atoms with E-state index in [1.807, 2.05) is 20.8 Å². The van der Waals surface area contributed by atoms with Gasteiger partial charge < -0.3 is 10.1 Å². The molecule has 1 fully saturated rings. The third-order valence-corrected chi connectivity index (χ3v) is 3.44. The highest BCUT2D eigenvalue weighted by atomic mass is 16.5. The summed E-state index contributed by atoms with van der Waals surface area (Å²) in [4.78, 5) is 24.1. The number of carbonyl (C=O) groups excluding carboxylic acids is 2. The van der Waals surface area contributed by atoms with Crippen LogP contribution in [0.4, 0.5) is 0 Å². The molecule has 1 N–H and O–H groups in total. The predicted molar refractivity (Wildman–Crippen MR) is 69.9 cm³/mol. The van der Waals surface area contributed by atoms with E-state index in [0.29, 0.717) is 13.2 Å². The third kappa shape index (κ3) is 4.00. The molecule has 0 spiro atoms. The second-order valence-electron chi connectivity index (χ2n) is 6.58. The predicted octanol–water partition coefficient (Wildman–Crippen LogP) is 2.13. The van der Waals surface area contributed by atoms with Crippen molar-refractivity contribution in [1.82, 2.24) is 5.32 Å². The van der Waals surface area contributed by atoms with Crippen LogP contribution in [0.25, 0.3) is 0 Å². The van der Waals surface area contributed by atoms with Crippen LogP contribution >= 0.6 is 0 Å². The second-order valence-corrected chi connectivity index (χ2v) is 6.58. The summed E-state index contributed by atoms with van der Waals surface area (Å²) in [6, 6.07) is 0. The average Bonchev–Trinajstić information content (AvgIpc) is 2.93. The number of esters is 1. The van der Waals surface area contributed by atoms with Crippen LogP contribution in [0.5, 0.6) is 0 Å². The zero-order valence-corrected chi connectivity index (χ0v) is 12.1. The molecule has 0 radical (unpaired) electrons. The highest BCUT2D eigenvalue weighted by molar-refractivity contribution is 5.98. The smallest absolute Gasteiger partial charge is 0.319 e. The Balaban J connectivity index is 2.64. The van der Waals surface area contributed by atoms with Gasteiger partial charge in [-0.25, -0.2) is 0 Å². The Hall–Kier alpha value is -1.06. The molecular formula is C14H25NO3. The maximum absolute atomic E-state index is 12.2. The van der Waals surface area contributed by atoms with Crippen molar-refractivity contribution in [3.05, 3.63) is 0 Å². The Kier molecular flexibility index (Phi) is 4.41. The summed E-state index contributed by atoms with van der Waals surface area (Å²) in [6.45, 7) is 10.5. The number of amides is 1. The first-order valence-electron chi connectivity index (χ1n) is 6.64. The minimum Gasteiger partial charge on any atom is -0.465 e. The molecule has 1 rings (SSSR count). The molecule has 0 aliphatic heterocycles. The van der Waals surface area contributed by atoms with Gasteiger partial charge in [-0.3, -0.25) is 9.59 Å². The summed E-state index contributed by atoms with van der Waals surface area (Å²) in [6.07, 6.45) is 2.29. The fraction of sp³-hybridized carbons (Fsp3) is 0.857. The zero-order valence-electron chi connectivity index (χ0n) is 12.1. The molecule has 1 unspecified atom stereocenters. The quantitative estimate of drug-likeness (QED) is 0.605. The van der Waals surface area contributed by atoms with E-state index >= 15 is 0 Å². The highest BCUT2D eigenvalue weighted by Crippen LogP contribution is 2.44. The van der Waals surface area contributed by atoms with Gasteiger partial charge in [0.2, 0.25) is 5.91 Å². The lowest BCUT2D eigenvalue weighted by Crippen LogP contribution is -2.44. The topological polar surface area (TPSA) is 55.4 Å². The summed E-state index contributed by atoms with van der Waals surface area (Å²) in [5.74, 6) is -1.38. The fourth-order valence-corrected chi connectivity index (χ4v) is 1.87. The van der Waals surface area contributed by atoms with Gasteiger partial charge in [0, 0.05) is 6.54 Å². The molecule has 0 bridgehead atoms. The van der Waals surface area contributed by atoms with Crippen LogP contribution in [-0.2, 0) is 14.3 Å². The number of rotatable bonds is 5. The molecule has 0 aromatic carbocycles. The first-order valence-corrected chi connectivity index (χ1v) is 6.64. The monoisotopic (exact) mass is 255 g/mol. The van der Waals surface area contributed by atoms with E-state index in [1.165, 1.54) is 0 Å². The van der Waals surface area contributed by atoms with Gasteiger partial charge in [-0.05, 0) is 30.6 Å². The van der Waals surface area contributed by atoms with Crippen molar-refractivity contribution in [3.63, 3.8) is 0 Å². The number of hydrogen-bond acceptors (Lipinski definition) is 3. The summed E-state index contributed by atoms with van der Waals surface area (Å²) in [7, 11) is 0. The van der Waals surface area contributed by atoms with Crippen molar-refractivity contribution in [2.24, 2.45) is 16.7 Å². The van der Waals surface area contributed by atoms with Crippen LogP contribution in [-0.4, -0.2) is 25.0 Å². The van der Waals surface area contributed by atoms with Gasteiger partial charge >= 0.3 is 5.97 Å². The molecular weight excluding hydrogens is 230 g/mol. The first-order chi connectivity index (χ1) is 8.19. The van der Waals surface area contributed by atoms with Crippen LogP contribution in [0.15, 0.2) is 0 Å². The van der Waals surface area contributed by atoms with Crippen molar-refractivity contribution >= 4 is 11.9 Å². The van der Waals surface area contributed by atoms with Crippen LogP contribution in [0, 0.1) is 16.7 Å². The van der Waals surface area contributed by atoms with E-state index in [9.17, 15) is 9.59 Å². The minimum atomic E-state index is -0.736. The molecule has 1 aliphatic carbocycles. The van der Waals surface area contributed by atoms with Crippen molar-refractivity contribution in [2.45, 2.75) is 47.5 Å². The average molecular weight is 255 g/mol. The molecule has 18 heavy (non-hydrogen) atoms. The maximum Gasteiger partial charge on any atom is 0.319 e. The van der Waals surface area contributed by atoms with E-state index in [-0.39, 0.29) is 11.3 Å². The van der Waals surface area contributed by atoms with Gasteiger partial charge in [-0.15, -0.1) is 0 Å². The van der Waals surface area contributed by atoms with Crippen molar-refractivity contribution in [2.75, 3.05) is 13.2 Å². The molecule has 1 aliphatic rings. The Morgan fingerprint density at radius 1 is 1.33 bits per heavy atom. The van der Waals surface area contributed by atoms with Gasteiger partial charge in [0.1, 0.15) is 5.92 Å². The van der Waals surface area contributed by atoms with Gasteiger partial charge in [-0.2, -0.15) is 0 Å². The lowest BCUT2D eigenvalue weighted by Gasteiger charge is -2.28. The minimum absolute atomic E-state index is 0.214. The molecule has 104 valence electrons. The number of carbonyl (C=O) groups is 2. The number of ether oxygens (including phenoxy) is 1. The van der Waals surface area contributed by atoms with E-state index in [2.05, 4.69) is 12.2 Å².